The molecule has 0 unspecified atom stereocenters. The predicted molar refractivity (Wildman–Crippen MR) is 104 cm³/mol. The van der Waals surface area contributed by atoms with E-state index in [9.17, 15) is 0 Å². The summed E-state index contributed by atoms with van der Waals surface area (Å²) in [5, 5.41) is 9.86. The van der Waals surface area contributed by atoms with Crippen molar-refractivity contribution < 1.29 is 9.47 Å². The van der Waals surface area contributed by atoms with Gasteiger partial charge >= 0.3 is 0 Å². The van der Waals surface area contributed by atoms with Crippen molar-refractivity contribution in [2.45, 2.75) is 51.6 Å². The molecule has 2 rings (SSSR count). The minimum Gasteiger partial charge on any atom is -0.378 e. The maximum Gasteiger partial charge on any atom is 0.229 e. The van der Waals surface area contributed by atoms with Crippen LogP contribution in [0, 0.1) is 0 Å². The van der Waals surface area contributed by atoms with Gasteiger partial charge in [-0.25, -0.2) is 0 Å². The first-order chi connectivity index (χ1) is 12.7. The van der Waals surface area contributed by atoms with Gasteiger partial charge in [-0.3, -0.25) is 0 Å². The van der Waals surface area contributed by atoms with Crippen molar-refractivity contribution in [3.63, 3.8) is 0 Å². The molecule has 148 valence electrons. The van der Waals surface area contributed by atoms with Crippen molar-refractivity contribution in [1.29, 1.82) is 0 Å². The van der Waals surface area contributed by atoms with Gasteiger partial charge in [-0.05, 0) is 26.7 Å². The molecule has 0 saturated heterocycles. The summed E-state index contributed by atoms with van der Waals surface area (Å²) >= 11 is 0. The molecule has 1 saturated carbocycles. The van der Waals surface area contributed by atoms with Crippen molar-refractivity contribution in [1.82, 2.24) is 15.0 Å². The Bertz CT molecular complexity index is 510. The smallest absolute Gasteiger partial charge is 0.229 e. The molecule has 1 fully saturated rings. The second kappa shape index (κ2) is 11.8. The first-order valence-electron chi connectivity index (χ1n) is 9.56. The van der Waals surface area contributed by atoms with Crippen molar-refractivity contribution in [3.05, 3.63) is 0 Å². The molecule has 5 N–H and O–H groups in total. The van der Waals surface area contributed by atoms with Gasteiger partial charge in [0, 0.05) is 25.2 Å². The lowest BCUT2D eigenvalue weighted by Crippen LogP contribution is -2.21. The fourth-order valence-corrected chi connectivity index (χ4v) is 2.74. The van der Waals surface area contributed by atoms with E-state index in [1.54, 1.807) is 0 Å². The second-order valence-corrected chi connectivity index (χ2v) is 6.67. The van der Waals surface area contributed by atoms with E-state index in [1.165, 1.54) is 25.7 Å². The number of rotatable bonds is 13. The van der Waals surface area contributed by atoms with Crippen LogP contribution in [0.3, 0.4) is 0 Å². The van der Waals surface area contributed by atoms with Crippen LogP contribution in [0.2, 0.25) is 0 Å². The largest absolute Gasteiger partial charge is 0.378 e. The summed E-state index contributed by atoms with van der Waals surface area (Å²) in [5.41, 5.74) is 5.36. The molecule has 0 radical (unpaired) electrons. The normalized spacial score (nSPS) is 14.8. The van der Waals surface area contributed by atoms with E-state index in [4.69, 9.17) is 15.2 Å². The maximum absolute atomic E-state index is 5.50. The third-order valence-electron chi connectivity index (χ3n) is 3.91. The predicted octanol–water partition coefficient (Wildman–Crippen LogP) is 1.45. The zero-order valence-electron chi connectivity index (χ0n) is 16.0. The average Bonchev–Trinajstić information content (AvgIpc) is 3.09. The van der Waals surface area contributed by atoms with Gasteiger partial charge in [0.2, 0.25) is 17.8 Å². The Balaban J connectivity index is 1.81. The lowest BCUT2D eigenvalue weighted by Gasteiger charge is -2.15. The summed E-state index contributed by atoms with van der Waals surface area (Å²) in [7, 11) is 0. The SMILES string of the molecule is CC(C)Nc1nc(NCCOCCOCCN)nc(NC2CCCC2)n1. The lowest BCUT2D eigenvalue weighted by molar-refractivity contribution is 0.0547. The van der Waals surface area contributed by atoms with E-state index in [2.05, 4.69) is 44.7 Å². The highest BCUT2D eigenvalue weighted by Gasteiger charge is 2.17. The van der Waals surface area contributed by atoms with Crippen molar-refractivity contribution in [2.24, 2.45) is 5.73 Å². The third kappa shape index (κ3) is 8.11. The summed E-state index contributed by atoms with van der Waals surface area (Å²) in [6.07, 6.45) is 4.86. The van der Waals surface area contributed by atoms with Crippen LogP contribution >= 0.6 is 0 Å². The zero-order chi connectivity index (χ0) is 18.6. The number of hydrogen-bond acceptors (Lipinski definition) is 9. The van der Waals surface area contributed by atoms with Crippen LogP contribution in [0.1, 0.15) is 39.5 Å². The second-order valence-electron chi connectivity index (χ2n) is 6.67. The molecule has 1 aliphatic rings. The molecule has 0 spiro atoms. The monoisotopic (exact) mass is 367 g/mol. The Morgan fingerprint density at radius 1 is 0.962 bits per heavy atom. The Morgan fingerprint density at radius 3 is 2.31 bits per heavy atom. The highest BCUT2D eigenvalue weighted by atomic mass is 16.5. The molecule has 26 heavy (non-hydrogen) atoms. The highest BCUT2D eigenvalue weighted by Crippen LogP contribution is 2.21. The van der Waals surface area contributed by atoms with E-state index in [0.717, 1.165) is 0 Å². The van der Waals surface area contributed by atoms with Crippen LogP contribution in [-0.2, 0) is 9.47 Å². The summed E-state index contributed by atoms with van der Waals surface area (Å²) in [5.74, 6) is 1.74. The van der Waals surface area contributed by atoms with Gasteiger partial charge in [-0.15, -0.1) is 0 Å². The van der Waals surface area contributed by atoms with E-state index >= 15 is 0 Å². The van der Waals surface area contributed by atoms with E-state index in [0.29, 0.717) is 63.4 Å². The van der Waals surface area contributed by atoms with Gasteiger partial charge < -0.3 is 31.2 Å². The minimum atomic E-state index is 0.251. The summed E-state index contributed by atoms with van der Waals surface area (Å²) < 4.78 is 10.8. The third-order valence-corrected chi connectivity index (χ3v) is 3.91. The molecule has 0 atom stereocenters. The van der Waals surface area contributed by atoms with Crippen LogP contribution in [0.25, 0.3) is 0 Å². The number of nitrogens with two attached hydrogens (primary N) is 1. The van der Waals surface area contributed by atoms with E-state index in [-0.39, 0.29) is 6.04 Å². The zero-order valence-corrected chi connectivity index (χ0v) is 16.0. The Morgan fingerprint density at radius 2 is 1.62 bits per heavy atom. The number of nitrogens with one attached hydrogen (secondary N) is 3. The standard InChI is InChI=1S/C17H33N7O2/c1-13(2)20-16-22-15(19-8-10-26-12-11-25-9-7-18)23-17(24-16)21-14-5-3-4-6-14/h13-14H,3-12,18H2,1-2H3,(H3,19,20,21,22,23,24). The van der Waals surface area contributed by atoms with Gasteiger partial charge in [0.05, 0.1) is 26.4 Å². The quantitative estimate of drug-likeness (QED) is 0.384. The molecule has 9 heteroatoms. The topological polar surface area (TPSA) is 119 Å². The molecular formula is C17H33N7O2. The number of aromatic nitrogens is 3. The van der Waals surface area contributed by atoms with Crippen LogP contribution in [-0.4, -0.2) is 66.6 Å². The molecule has 1 aliphatic carbocycles. The summed E-state index contributed by atoms with van der Waals surface area (Å²) in [6, 6.07) is 0.704. The van der Waals surface area contributed by atoms with Gasteiger partial charge in [-0.2, -0.15) is 15.0 Å². The molecule has 0 aromatic carbocycles. The van der Waals surface area contributed by atoms with Crippen LogP contribution < -0.4 is 21.7 Å². The molecule has 9 nitrogen and oxygen atoms in total. The Hall–Kier alpha value is -1.71. The molecular weight excluding hydrogens is 334 g/mol. The fraction of sp³-hybridized carbons (Fsp3) is 0.824. The first kappa shape index (κ1) is 20.6. The van der Waals surface area contributed by atoms with Crippen molar-refractivity contribution in [2.75, 3.05) is 55.5 Å². The highest BCUT2D eigenvalue weighted by molar-refractivity contribution is 5.43. The van der Waals surface area contributed by atoms with Crippen LogP contribution in [0.5, 0.6) is 0 Å². The summed E-state index contributed by atoms with van der Waals surface area (Å²) in [4.78, 5) is 13.4. The molecule has 1 aromatic rings. The lowest BCUT2D eigenvalue weighted by atomic mass is 10.3. The first-order valence-corrected chi connectivity index (χ1v) is 9.56. The van der Waals surface area contributed by atoms with Gasteiger partial charge in [0.15, 0.2) is 0 Å². The minimum absolute atomic E-state index is 0.251. The van der Waals surface area contributed by atoms with Gasteiger partial charge in [0.25, 0.3) is 0 Å². The number of nitrogens with zero attached hydrogens (tertiary/aromatic N) is 3. The van der Waals surface area contributed by atoms with E-state index in [1.807, 2.05) is 0 Å². The van der Waals surface area contributed by atoms with Gasteiger partial charge in [-0.1, -0.05) is 12.8 Å². The Labute approximate surface area is 155 Å². The fourth-order valence-electron chi connectivity index (χ4n) is 2.74. The Kier molecular flexibility index (Phi) is 9.36. The molecule has 0 amide bonds. The summed E-state index contributed by atoms with van der Waals surface area (Å²) in [6.45, 7) is 7.48. The molecule has 0 aliphatic heterocycles. The molecule has 1 heterocycles. The number of anilines is 3. The maximum atomic E-state index is 5.50. The average molecular weight is 367 g/mol. The van der Waals surface area contributed by atoms with Gasteiger partial charge in [0.1, 0.15) is 0 Å². The van der Waals surface area contributed by atoms with E-state index < -0.39 is 0 Å². The molecule has 0 bridgehead atoms. The number of hydrogen-bond donors (Lipinski definition) is 4. The van der Waals surface area contributed by atoms with Crippen molar-refractivity contribution >= 4 is 17.8 Å². The van der Waals surface area contributed by atoms with Crippen LogP contribution in [0.4, 0.5) is 17.8 Å². The van der Waals surface area contributed by atoms with Crippen molar-refractivity contribution in [3.8, 4) is 0 Å². The number of ether oxygens (including phenoxy) is 2. The molecule has 1 aromatic heterocycles. The van der Waals surface area contributed by atoms with Crippen LogP contribution in [0.15, 0.2) is 0 Å².